The van der Waals surface area contributed by atoms with E-state index in [4.69, 9.17) is 5.73 Å². The number of Topliss-reactive ketones (excluding diaryl/α,β-unsaturated/α-hetero) is 1. The van der Waals surface area contributed by atoms with Gasteiger partial charge in [-0.25, -0.2) is 0 Å². The topological polar surface area (TPSA) is 60.2 Å². The largest absolute Gasteiger partial charge is 0.369 e. The SMILES string of the molecule is CC(C)[CH]C(=O)CC(N)=O. The molecule has 0 aliphatic carbocycles. The second-order valence-electron chi connectivity index (χ2n) is 2.52. The second kappa shape index (κ2) is 4.04. The number of ketones is 1. The average Bonchev–Trinajstić information content (AvgIpc) is 1.58. The minimum Gasteiger partial charge on any atom is -0.369 e. The number of nitrogens with two attached hydrogens (primary N) is 1. The summed E-state index contributed by atoms with van der Waals surface area (Å²) in [5.41, 5.74) is 4.79. The highest BCUT2D eigenvalue weighted by molar-refractivity contribution is 6.01. The van der Waals surface area contributed by atoms with E-state index in [-0.39, 0.29) is 18.1 Å². The molecule has 0 aromatic heterocycles. The van der Waals surface area contributed by atoms with Crippen molar-refractivity contribution in [3.05, 3.63) is 6.42 Å². The van der Waals surface area contributed by atoms with Gasteiger partial charge < -0.3 is 5.73 Å². The fourth-order valence-electron chi connectivity index (χ4n) is 0.602. The predicted octanol–water partition coefficient (Wildman–Crippen LogP) is 0.291. The summed E-state index contributed by atoms with van der Waals surface area (Å²) in [7, 11) is 0. The number of hydrogen-bond donors (Lipinski definition) is 1. The van der Waals surface area contributed by atoms with Gasteiger partial charge in [-0.05, 0) is 5.92 Å². The summed E-state index contributed by atoms with van der Waals surface area (Å²) in [6, 6.07) is 0. The second-order valence-corrected chi connectivity index (χ2v) is 2.52. The molecule has 0 heterocycles. The Hall–Kier alpha value is -0.860. The summed E-state index contributed by atoms with van der Waals surface area (Å²) in [6.07, 6.45) is 1.32. The smallest absolute Gasteiger partial charge is 0.224 e. The van der Waals surface area contributed by atoms with Crippen LogP contribution in [0.25, 0.3) is 0 Å². The molecule has 1 amide bonds. The molecule has 0 saturated carbocycles. The molecule has 0 spiro atoms. The van der Waals surface area contributed by atoms with Crippen LogP contribution in [0.5, 0.6) is 0 Å². The monoisotopic (exact) mass is 142 g/mol. The Balaban J connectivity index is 3.54. The maximum atomic E-state index is 10.7. The van der Waals surface area contributed by atoms with Gasteiger partial charge in [0.15, 0.2) is 0 Å². The van der Waals surface area contributed by atoms with Crippen molar-refractivity contribution in [2.75, 3.05) is 0 Å². The highest BCUT2D eigenvalue weighted by atomic mass is 16.2. The lowest BCUT2D eigenvalue weighted by molar-refractivity contribution is -0.124. The molecule has 0 unspecified atom stereocenters. The Labute approximate surface area is 60.6 Å². The van der Waals surface area contributed by atoms with Crippen LogP contribution in [0.1, 0.15) is 20.3 Å². The number of amides is 1. The Kier molecular flexibility index (Phi) is 3.69. The molecule has 0 aliphatic heterocycles. The van der Waals surface area contributed by atoms with E-state index in [0.29, 0.717) is 0 Å². The molecule has 3 heteroatoms. The van der Waals surface area contributed by atoms with Crippen molar-refractivity contribution in [3.63, 3.8) is 0 Å². The third kappa shape index (κ3) is 5.28. The molecule has 3 nitrogen and oxygen atoms in total. The van der Waals surface area contributed by atoms with Crippen molar-refractivity contribution in [3.8, 4) is 0 Å². The van der Waals surface area contributed by atoms with Crippen LogP contribution >= 0.6 is 0 Å². The first-order chi connectivity index (χ1) is 4.52. The summed E-state index contributed by atoms with van der Waals surface area (Å²) >= 11 is 0. The molecule has 10 heavy (non-hydrogen) atoms. The molecule has 0 fully saturated rings. The van der Waals surface area contributed by atoms with Crippen molar-refractivity contribution in [1.29, 1.82) is 0 Å². The Morgan fingerprint density at radius 3 is 2.30 bits per heavy atom. The lowest BCUT2D eigenvalue weighted by atomic mass is 10.1. The molecular formula is C7H12NO2. The van der Waals surface area contributed by atoms with E-state index in [0.717, 1.165) is 0 Å². The van der Waals surface area contributed by atoms with Gasteiger partial charge >= 0.3 is 0 Å². The van der Waals surface area contributed by atoms with Gasteiger partial charge in [-0.1, -0.05) is 13.8 Å². The highest BCUT2D eigenvalue weighted by Gasteiger charge is 2.07. The molecular weight excluding hydrogens is 130 g/mol. The Bertz CT molecular complexity index is 141. The van der Waals surface area contributed by atoms with Crippen LogP contribution in [0.4, 0.5) is 0 Å². The van der Waals surface area contributed by atoms with Gasteiger partial charge in [-0.2, -0.15) is 0 Å². The molecule has 0 aliphatic rings. The van der Waals surface area contributed by atoms with Crippen LogP contribution in [-0.2, 0) is 9.59 Å². The number of hydrogen-bond acceptors (Lipinski definition) is 2. The highest BCUT2D eigenvalue weighted by Crippen LogP contribution is 1.99. The molecule has 57 valence electrons. The number of primary amides is 1. The maximum Gasteiger partial charge on any atom is 0.224 e. The zero-order valence-corrected chi connectivity index (χ0v) is 6.26. The van der Waals surface area contributed by atoms with Crippen molar-refractivity contribution in [2.45, 2.75) is 20.3 Å². The molecule has 2 N–H and O–H groups in total. The summed E-state index contributed by atoms with van der Waals surface area (Å²) in [4.78, 5) is 20.9. The van der Waals surface area contributed by atoms with Crippen LogP contribution < -0.4 is 5.73 Å². The number of rotatable bonds is 4. The molecule has 0 aromatic rings. The fraction of sp³-hybridized carbons (Fsp3) is 0.571. The first-order valence-electron chi connectivity index (χ1n) is 3.18. The van der Waals surface area contributed by atoms with Gasteiger partial charge in [0.05, 0.1) is 6.42 Å². The minimum absolute atomic E-state index is 0.168. The van der Waals surface area contributed by atoms with Crippen molar-refractivity contribution < 1.29 is 9.59 Å². The standard InChI is InChI=1S/C7H12NO2/c1-5(2)3-6(9)4-7(8)10/h3,5H,4H2,1-2H3,(H2,8,10). The van der Waals surface area contributed by atoms with Crippen LogP contribution in [-0.4, -0.2) is 11.7 Å². The number of carbonyl (C=O) groups is 2. The summed E-state index contributed by atoms with van der Waals surface area (Å²) < 4.78 is 0. The molecule has 0 aromatic carbocycles. The normalized spacial score (nSPS) is 9.90. The van der Waals surface area contributed by atoms with Crippen molar-refractivity contribution >= 4 is 11.7 Å². The van der Waals surface area contributed by atoms with E-state index < -0.39 is 5.91 Å². The zero-order chi connectivity index (χ0) is 8.15. The molecule has 1 radical (unpaired) electrons. The molecule has 0 atom stereocenters. The van der Waals surface area contributed by atoms with E-state index in [1.165, 1.54) is 6.42 Å². The molecule has 0 saturated heterocycles. The predicted molar refractivity (Wildman–Crippen MR) is 38.0 cm³/mol. The summed E-state index contributed by atoms with van der Waals surface area (Å²) in [5, 5.41) is 0. The summed E-state index contributed by atoms with van der Waals surface area (Å²) in [5.74, 6) is -0.573. The van der Waals surface area contributed by atoms with Crippen LogP contribution in [0, 0.1) is 12.3 Å². The Morgan fingerprint density at radius 1 is 1.50 bits per heavy atom. The van der Waals surface area contributed by atoms with Crippen LogP contribution in [0.15, 0.2) is 0 Å². The van der Waals surface area contributed by atoms with Gasteiger partial charge in [-0.3, -0.25) is 9.59 Å². The average molecular weight is 142 g/mol. The molecule has 0 bridgehead atoms. The van der Waals surface area contributed by atoms with E-state index in [2.05, 4.69) is 0 Å². The van der Waals surface area contributed by atoms with E-state index in [9.17, 15) is 9.59 Å². The molecule has 0 rings (SSSR count). The van der Waals surface area contributed by atoms with E-state index in [1.54, 1.807) is 0 Å². The van der Waals surface area contributed by atoms with Gasteiger partial charge in [0.25, 0.3) is 0 Å². The van der Waals surface area contributed by atoms with Gasteiger partial charge in [0, 0.05) is 6.42 Å². The van der Waals surface area contributed by atoms with Crippen molar-refractivity contribution in [2.24, 2.45) is 11.7 Å². The lowest BCUT2D eigenvalue weighted by Crippen LogP contribution is -2.17. The van der Waals surface area contributed by atoms with Crippen LogP contribution in [0.3, 0.4) is 0 Å². The van der Waals surface area contributed by atoms with Crippen LogP contribution in [0.2, 0.25) is 0 Å². The summed E-state index contributed by atoms with van der Waals surface area (Å²) in [6.45, 7) is 3.75. The third-order valence-corrected chi connectivity index (χ3v) is 0.868. The van der Waals surface area contributed by atoms with Gasteiger partial charge in [0.2, 0.25) is 5.91 Å². The quantitative estimate of drug-likeness (QED) is 0.573. The lowest BCUT2D eigenvalue weighted by Gasteiger charge is -1.99. The number of carbonyl (C=O) groups excluding carboxylic acids is 2. The van der Waals surface area contributed by atoms with Crippen molar-refractivity contribution in [1.82, 2.24) is 0 Å². The Morgan fingerprint density at radius 2 is 2.00 bits per heavy atom. The first-order valence-corrected chi connectivity index (χ1v) is 3.18. The minimum atomic E-state index is -0.568. The van der Waals surface area contributed by atoms with E-state index >= 15 is 0 Å². The fourth-order valence-corrected chi connectivity index (χ4v) is 0.602. The first kappa shape index (κ1) is 9.14. The van der Waals surface area contributed by atoms with E-state index in [1.807, 2.05) is 13.8 Å². The third-order valence-electron chi connectivity index (χ3n) is 0.868. The van der Waals surface area contributed by atoms with Gasteiger partial charge in [0.1, 0.15) is 5.78 Å². The zero-order valence-electron chi connectivity index (χ0n) is 6.26. The maximum absolute atomic E-state index is 10.7. The van der Waals surface area contributed by atoms with Gasteiger partial charge in [-0.15, -0.1) is 0 Å².